The molecule has 3 aliphatic rings. The standard InChI is InChI=1S/C16H25N3/c17-15-4-1-5-16-14(15)7-10-19(16)13-6-9-18-8-2-3-12(18)11-13/h7,10,12-13,15H,1-6,8-9,11,17H2. The van der Waals surface area contributed by atoms with Gasteiger partial charge in [0, 0.05) is 36.6 Å². The lowest BCUT2D eigenvalue weighted by atomic mass is 9.92. The van der Waals surface area contributed by atoms with Gasteiger partial charge < -0.3 is 15.2 Å². The molecule has 4 rings (SSSR count). The van der Waals surface area contributed by atoms with Gasteiger partial charge in [0.05, 0.1) is 0 Å². The van der Waals surface area contributed by atoms with E-state index in [0.717, 1.165) is 18.5 Å². The fraction of sp³-hybridized carbons (Fsp3) is 0.750. The Morgan fingerprint density at radius 2 is 2.00 bits per heavy atom. The molecule has 0 bridgehead atoms. The normalized spacial score (nSPS) is 35.1. The van der Waals surface area contributed by atoms with E-state index in [9.17, 15) is 0 Å². The Hall–Kier alpha value is -0.800. The van der Waals surface area contributed by atoms with Crippen LogP contribution < -0.4 is 5.73 Å². The molecule has 3 heterocycles. The van der Waals surface area contributed by atoms with E-state index in [-0.39, 0.29) is 6.04 Å². The Bertz CT molecular complexity index is 465. The molecule has 0 spiro atoms. The molecule has 0 saturated carbocycles. The maximum absolute atomic E-state index is 6.25. The van der Waals surface area contributed by atoms with Crippen LogP contribution in [0.5, 0.6) is 0 Å². The Morgan fingerprint density at radius 3 is 2.95 bits per heavy atom. The van der Waals surface area contributed by atoms with E-state index >= 15 is 0 Å². The molecule has 1 aliphatic carbocycles. The van der Waals surface area contributed by atoms with Gasteiger partial charge in [0.2, 0.25) is 0 Å². The molecule has 2 aliphatic heterocycles. The monoisotopic (exact) mass is 259 g/mol. The third-order valence-corrected chi connectivity index (χ3v) is 5.57. The van der Waals surface area contributed by atoms with Crippen molar-refractivity contribution in [1.82, 2.24) is 9.47 Å². The number of nitrogens with zero attached hydrogens (tertiary/aromatic N) is 2. The second-order valence-electron chi connectivity index (χ2n) is 6.63. The van der Waals surface area contributed by atoms with Crippen LogP contribution in [-0.4, -0.2) is 28.6 Å². The summed E-state index contributed by atoms with van der Waals surface area (Å²) < 4.78 is 2.59. The Labute approximate surface area is 115 Å². The maximum atomic E-state index is 6.25. The summed E-state index contributed by atoms with van der Waals surface area (Å²) in [5.74, 6) is 0. The Balaban J connectivity index is 1.59. The Morgan fingerprint density at radius 1 is 1.05 bits per heavy atom. The first kappa shape index (κ1) is 12.0. The highest BCUT2D eigenvalue weighted by molar-refractivity contribution is 5.29. The summed E-state index contributed by atoms with van der Waals surface area (Å²) in [6.07, 6.45) is 11.5. The van der Waals surface area contributed by atoms with Gasteiger partial charge in [0.25, 0.3) is 0 Å². The zero-order valence-electron chi connectivity index (χ0n) is 11.7. The number of hydrogen-bond donors (Lipinski definition) is 1. The molecule has 3 nitrogen and oxygen atoms in total. The molecule has 2 N–H and O–H groups in total. The van der Waals surface area contributed by atoms with E-state index in [1.165, 1.54) is 57.2 Å². The smallest absolute Gasteiger partial charge is 0.0360 e. The summed E-state index contributed by atoms with van der Waals surface area (Å²) in [4.78, 5) is 2.71. The van der Waals surface area contributed by atoms with Crippen LogP contribution in [0.3, 0.4) is 0 Å². The van der Waals surface area contributed by atoms with Crippen molar-refractivity contribution >= 4 is 0 Å². The molecule has 2 saturated heterocycles. The summed E-state index contributed by atoms with van der Waals surface area (Å²) >= 11 is 0. The van der Waals surface area contributed by atoms with Crippen LogP contribution in [0, 0.1) is 0 Å². The van der Waals surface area contributed by atoms with Gasteiger partial charge in [-0.3, -0.25) is 0 Å². The third kappa shape index (κ3) is 1.95. The second kappa shape index (κ2) is 4.64. The van der Waals surface area contributed by atoms with E-state index in [2.05, 4.69) is 21.7 Å². The van der Waals surface area contributed by atoms with Crippen molar-refractivity contribution in [2.45, 2.75) is 63.1 Å². The van der Waals surface area contributed by atoms with Gasteiger partial charge in [-0.05, 0) is 63.1 Å². The van der Waals surface area contributed by atoms with E-state index in [0.29, 0.717) is 0 Å². The lowest BCUT2D eigenvalue weighted by Gasteiger charge is -2.37. The molecule has 3 unspecified atom stereocenters. The highest BCUT2D eigenvalue weighted by Crippen LogP contribution is 2.37. The lowest BCUT2D eigenvalue weighted by molar-refractivity contribution is 0.154. The molecular weight excluding hydrogens is 234 g/mol. The van der Waals surface area contributed by atoms with E-state index in [4.69, 9.17) is 5.73 Å². The average Bonchev–Trinajstić information content (AvgIpc) is 3.04. The molecule has 0 amide bonds. The van der Waals surface area contributed by atoms with Crippen LogP contribution in [0.4, 0.5) is 0 Å². The predicted octanol–water partition coefficient (Wildman–Crippen LogP) is 2.62. The lowest BCUT2D eigenvalue weighted by Crippen LogP contribution is -2.39. The molecule has 3 atom stereocenters. The molecule has 0 aromatic carbocycles. The van der Waals surface area contributed by atoms with Crippen LogP contribution in [0.2, 0.25) is 0 Å². The topological polar surface area (TPSA) is 34.2 Å². The van der Waals surface area contributed by atoms with Crippen LogP contribution in [0.1, 0.15) is 61.9 Å². The second-order valence-corrected chi connectivity index (χ2v) is 6.63. The van der Waals surface area contributed by atoms with Crippen molar-refractivity contribution in [3.05, 3.63) is 23.5 Å². The maximum Gasteiger partial charge on any atom is 0.0360 e. The van der Waals surface area contributed by atoms with Gasteiger partial charge in [0.1, 0.15) is 0 Å². The van der Waals surface area contributed by atoms with Crippen molar-refractivity contribution in [2.75, 3.05) is 13.1 Å². The highest BCUT2D eigenvalue weighted by atomic mass is 15.2. The van der Waals surface area contributed by atoms with E-state index in [1.807, 2.05) is 0 Å². The van der Waals surface area contributed by atoms with Gasteiger partial charge in [-0.1, -0.05) is 0 Å². The number of piperidine rings is 1. The van der Waals surface area contributed by atoms with E-state index in [1.54, 1.807) is 5.69 Å². The first-order valence-electron chi connectivity index (χ1n) is 8.02. The molecule has 1 aromatic rings. The SMILES string of the molecule is NC1CCCc2c1ccn2C1CCN2CCCC2C1. The quantitative estimate of drug-likeness (QED) is 0.841. The molecule has 1 aromatic heterocycles. The number of rotatable bonds is 1. The van der Waals surface area contributed by atoms with Crippen LogP contribution in [0.25, 0.3) is 0 Å². The molecule has 2 fully saturated rings. The molecular formula is C16H25N3. The molecule has 19 heavy (non-hydrogen) atoms. The van der Waals surface area contributed by atoms with Crippen molar-refractivity contribution < 1.29 is 0 Å². The minimum atomic E-state index is 0.288. The minimum absolute atomic E-state index is 0.288. The summed E-state index contributed by atoms with van der Waals surface area (Å²) in [5.41, 5.74) is 9.23. The first-order valence-corrected chi connectivity index (χ1v) is 8.02. The van der Waals surface area contributed by atoms with Crippen molar-refractivity contribution in [3.63, 3.8) is 0 Å². The third-order valence-electron chi connectivity index (χ3n) is 5.57. The fourth-order valence-corrected chi connectivity index (χ4v) is 4.55. The van der Waals surface area contributed by atoms with Crippen LogP contribution >= 0.6 is 0 Å². The summed E-state index contributed by atoms with van der Waals surface area (Å²) in [7, 11) is 0. The van der Waals surface area contributed by atoms with Gasteiger partial charge in [-0.2, -0.15) is 0 Å². The van der Waals surface area contributed by atoms with Crippen molar-refractivity contribution in [1.29, 1.82) is 0 Å². The largest absolute Gasteiger partial charge is 0.348 e. The van der Waals surface area contributed by atoms with Gasteiger partial charge >= 0.3 is 0 Å². The van der Waals surface area contributed by atoms with Gasteiger partial charge in [0.15, 0.2) is 0 Å². The van der Waals surface area contributed by atoms with Crippen LogP contribution in [0.15, 0.2) is 12.3 Å². The van der Waals surface area contributed by atoms with Gasteiger partial charge in [-0.15, -0.1) is 0 Å². The zero-order valence-corrected chi connectivity index (χ0v) is 11.7. The minimum Gasteiger partial charge on any atom is -0.348 e. The fourth-order valence-electron chi connectivity index (χ4n) is 4.55. The molecule has 104 valence electrons. The number of nitrogens with two attached hydrogens (primary N) is 1. The van der Waals surface area contributed by atoms with E-state index < -0.39 is 0 Å². The average molecular weight is 259 g/mol. The molecule has 0 radical (unpaired) electrons. The zero-order chi connectivity index (χ0) is 12.8. The number of fused-ring (bicyclic) bond motifs is 2. The predicted molar refractivity (Wildman–Crippen MR) is 77.2 cm³/mol. The van der Waals surface area contributed by atoms with Crippen LogP contribution in [-0.2, 0) is 6.42 Å². The number of hydrogen-bond acceptors (Lipinski definition) is 2. The van der Waals surface area contributed by atoms with Gasteiger partial charge in [-0.25, -0.2) is 0 Å². The number of aromatic nitrogens is 1. The van der Waals surface area contributed by atoms with Crippen molar-refractivity contribution in [2.24, 2.45) is 5.73 Å². The summed E-state index contributed by atoms with van der Waals surface area (Å²) in [6.45, 7) is 2.64. The summed E-state index contributed by atoms with van der Waals surface area (Å²) in [5, 5.41) is 0. The van der Waals surface area contributed by atoms with Crippen molar-refractivity contribution in [3.8, 4) is 0 Å². The highest BCUT2D eigenvalue weighted by Gasteiger charge is 2.33. The summed E-state index contributed by atoms with van der Waals surface area (Å²) in [6, 6.07) is 4.17. The molecule has 3 heteroatoms. The first-order chi connectivity index (χ1) is 9.33. The Kier molecular flexibility index (Phi) is 2.92.